The summed E-state index contributed by atoms with van der Waals surface area (Å²) in [7, 11) is 0. The molecule has 1 N–H and O–H groups in total. The topological polar surface area (TPSA) is 24.4 Å². The number of hydrogen-bond donors (Lipinski definition) is 1. The highest BCUT2D eigenvalue weighted by atomic mass is 32.2. The third kappa shape index (κ3) is 2.38. The number of aliphatic imine (C=N–C) groups is 1. The van der Waals surface area contributed by atoms with Gasteiger partial charge in [-0.3, -0.25) is 4.99 Å². The van der Waals surface area contributed by atoms with Crippen molar-refractivity contribution in [3.8, 4) is 0 Å². The van der Waals surface area contributed by atoms with E-state index in [-0.39, 0.29) is 0 Å². The van der Waals surface area contributed by atoms with E-state index in [1.54, 1.807) is 4.88 Å². The molecule has 2 unspecified atom stereocenters. The molecule has 0 fully saturated rings. The minimum Gasteiger partial charge on any atom is -0.358 e. The van der Waals surface area contributed by atoms with E-state index in [2.05, 4.69) is 28.7 Å². The van der Waals surface area contributed by atoms with Gasteiger partial charge >= 0.3 is 0 Å². The Balaban J connectivity index is 1.68. The largest absolute Gasteiger partial charge is 0.358 e. The maximum absolute atomic E-state index is 4.61. The van der Waals surface area contributed by atoms with Crippen LogP contribution in [0, 0.1) is 0 Å². The van der Waals surface area contributed by atoms with Gasteiger partial charge in [0.2, 0.25) is 0 Å². The first kappa shape index (κ1) is 11.6. The van der Waals surface area contributed by atoms with Crippen molar-refractivity contribution >= 4 is 28.3 Å². The summed E-state index contributed by atoms with van der Waals surface area (Å²) in [5.41, 5.74) is 1.52. The van der Waals surface area contributed by atoms with Gasteiger partial charge in [-0.25, -0.2) is 0 Å². The molecule has 1 aliphatic carbocycles. The smallest absolute Gasteiger partial charge is 0.157 e. The Hall–Kier alpha value is -0.480. The van der Waals surface area contributed by atoms with Crippen LogP contribution in [0.3, 0.4) is 0 Å². The molecule has 2 aliphatic rings. The summed E-state index contributed by atoms with van der Waals surface area (Å²) < 4.78 is 0. The highest BCUT2D eigenvalue weighted by Gasteiger charge is 2.25. The predicted molar refractivity (Wildman–Crippen MR) is 77.1 cm³/mol. The van der Waals surface area contributed by atoms with Crippen molar-refractivity contribution in [3.63, 3.8) is 0 Å². The van der Waals surface area contributed by atoms with E-state index in [9.17, 15) is 0 Å². The number of thiophene rings is 1. The Kier molecular flexibility index (Phi) is 3.43. The molecule has 0 saturated heterocycles. The van der Waals surface area contributed by atoms with Crippen molar-refractivity contribution in [2.24, 2.45) is 4.99 Å². The Labute approximate surface area is 111 Å². The van der Waals surface area contributed by atoms with Gasteiger partial charge in [0, 0.05) is 10.1 Å². The average Bonchev–Trinajstić information content (AvgIpc) is 2.97. The second-order valence-electron chi connectivity index (χ2n) is 4.68. The van der Waals surface area contributed by atoms with E-state index in [4.69, 9.17) is 0 Å². The summed E-state index contributed by atoms with van der Waals surface area (Å²) in [4.78, 5) is 6.18. The van der Waals surface area contributed by atoms with Crippen LogP contribution < -0.4 is 5.32 Å². The maximum atomic E-state index is 4.61. The van der Waals surface area contributed by atoms with Crippen LogP contribution in [0.2, 0.25) is 0 Å². The molecule has 0 amide bonds. The normalized spacial score (nSPS) is 27.7. The van der Waals surface area contributed by atoms with Crippen molar-refractivity contribution in [3.05, 3.63) is 21.9 Å². The van der Waals surface area contributed by atoms with Crippen LogP contribution in [0.25, 0.3) is 0 Å². The SMILES string of the molecule is CCC1CN=C(NC2CCCc3sccc32)S1. The second kappa shape index (κ2) is 5.02. The molecule has 0 radical (unpaired) electrons. The third-order valence-corrected chi connectivity index (χ3v) is 5.80. The number of nitrogens with one attached hydrogen (secondary N) is 1. The fourth-order valence-corrected chi connectivity index (χ4v) is 4.47. The predicted octanol–water partition coefficient (Wildman–Crippen LogP) is 3.60. The lowest BCUT2D eigenvalue weighted by atomic mass is 9.94. The van der Waals surface area contributed by atoms with Crippen LogP contribution in [0.5, 0.6) is 0 Å². The summed E-state index contributed by atoms with van der Waals surface area (Å²) in [6.45, 7) is 3.24. The second-order valence-corrected chi connectivity index (χ2v) is 6.97. The molecule has 0 aromatic carbocycles. The Bertz CT molecular complexity index is 425. The lowest BCUT2D eigenvalue weighted by Crippen LogP contribution is -2.27. The Morgan fingerprint density at radius 3 is 3.29 bits per heavy atom. The molecule has 17 heavy (non-hydrogen) atoms. The Morgan fingerprint density at radius 1 is 1.53 bits per heavy atom. The fraction of sp³-hybridized carbons (Fsp3) is 0.615. The fourth-order valence-electron chi connectivity index (χ4n) is 2.49. The quantitative estimate of drug-likeness (QED) is 0.884. The molecule has 92 valence electrons. The zero-order chi connectivity index (χ0) is 11.7. The summed E-state index contributed by atoms with van der Waals surface area (Å²) in [6.07, 6.45) is 5.04. The molecule has 1 aromatic heterocycles. The molecule has 1 aliphatic heterocycles. The average molecular weight is 266 g/mol. The van der Waals surface area contributed by atoms with Crippen LogP contribution in [0.15, 0.2) is 16.4 Å². The zero-order valence-corrected chi connectivity index (χ0v) is 11.7. The van der Waals surface area contributed by atoms with Crippen molar-refractivity contribution < 1.29 is 0 Å². The van der Waals surface area contributed by atoms with Crippen LogP contribution in [-0.4, -0.2) is 17.0 Å². The first-order valence-corrected chi connectivity index (χ1v) is 8.16. The number of thioether (sulfide) groups is 1. The standard InChI is InChI=1S/C13H18N2S2/c1-2-9-8-14-13(17-9)15-11-4-3-5-12-10(11)6-7-16-12/h6-7,9,11H,2-5,8H2,1H3,(H,14,15). The van der Waals surface area contributed by atoms with Gasteiger partial charge in [-0.2, -0.15) is 0 Å². The van der Waals surface area contributed by atoms with Crippen LogP contribution in [0.1, 0.15) is 42.7 Å². The number of aryl methyl sites for hydroxylation is 1. The molecule has 0 bridgehead atoms. The van der Waals surface area contributed by atoms with Crippen molar-refractivity contribution in [2.45, 2.75) is 43.9 Å². The van der Waals surface area contributed by atoms with Gasteiger partial charge < -0.3 is 5.32 Å². The molecular formula is C13H18N2S2. The molecule has 1 aromatic rings. The summed E-state index contributed by atoms with van der Waals surface area (Å²) >= 11 is 3.83. The van der Waals surface area contributed by atoms with Crippen molar-refractivity contribution in [2.75, 3.05) is 6.54 Å². The monoisotopic (exact) mass is 266 g/mol. The van der Waals surface area contributed by atoms with Gasteiger partial charge in [0.1, 0.15) is 0 Å². The summed E-state index contributed by atoms with van der Waals surface area (Å²) in [5, 5.41) is 7.73. The first-order valence-electron chi connectivity index (χ1n) is 6.40. The number of nitrogens with zero attached hydrogens (tertiary/aromatic N) is 1. The number of amidine groups is 1. The minimum absolute atomic E-state index is 0.506. The summed E-state index contributed by atoms with van der Waals surface area (Å²) in [5.74, 6) is 0. The first-order chi connectivity index (χ1) is 8.36. The van der Waals surface area contributed by atoms with Gasteiger partial charge in [-0.1, -0.05) is 18.7 Å². The van der Waals surface area contributed by atoms with Crippen LogP contribution in [0.4, 0.5) is 0 Å². The highest BCUT2D eigenvalue weighted by Crippen LogP contribution is 2.34. The molecule has 2 atom stereocenters. The molecule has 2 nitrogen and oxygen atoms in total. The number of fused-ring (bicyclic) bond motifs is 1. The van der Waals surface area contributed by atoms with Crippen molar-refractivity contribution in [1.29, 1.82) is 0 Å². The molecule has 4 heteroatoms. The van der Waals surface area contributed by atoms with E-state index < -0.39 is 0 Å². The number of hydrogen-bond acceptors (Lipinski definition) is 4. The molecule has 2 heterocycles. The molecular weight excluding hydrogens is 248 g/mol. The van der Waals surface area contributed by atoms with E-state index in [0.717, 1.165) is 6.54 Å². The van der Waals surface area contributed by atoms with Gasteiger partial charge in [0.15, 0.2) is 5.17 Å². The van der Waals surface area contributed by atoms with Crippen molar-refractivity contribution in [1.82, 2.24) is 5.32 Å². The van der Waals surface area contributed by atoms with Gasteiger partial charge in [-0.15, -0.1) is 11.3 Å². The maximum Gasteiger partial charge on any atom is 0.157 e. The zero-order valence-electron chi connectivity index (χ0n) is 10.1. The van der Waals surface area contributed by atoms with Gasteiger partial charge in [-0.05, 0) is 42.7 Å². The Morgan fingerprint density at radius 2 is 2.47 bits per heavy atom. The van der Waals surface area contributed by atoms with E-state index in [1.165, 1.54) is 36.4 Å². The summed E-state index contributed by atoms with van der Waals surface area (Å²) in [6, 6.07) is 2.79. The molecule has 0 saturated carbocycles. The molecule has 0 spiro atoms. The minimum atomic E-state index is 0.506. The van der Waals surface area contributed by atoms with Gasteiger partial charge in [0.25, 0.3) is 0 Å². The third-order valence-electron chi connectivity index (χ3n) is 3.52. The van der Waals surface area contributed by atoms with Crippen LogP contribution in [-0.2, 0) is 6.42 Å². The van der Waals surface area contributed by atoms with Gasteiger partial charge in [0.05, 0.1) is 12.6 Å². The van der Waals surface area contributed by atoms with Crippen LogP contribution >= 0.6 is 23.1 Å². The lowest BCUT2D eigenvalue weighted by molar-refractivity contribution is 0.536. The van der Waals surface area contributed by atoms with E-state index in [0.29, 0.717) is 11.3 Å². The number of rotatable bonds is 2. The highest BCUT2D eigenvalue weighted by molar-refractivity contribution is 8.14. The van der Waals surface area contributed by atoms with E-state index in [1.807, 2.05) is 23.1 Å². The lowest BCUT2D eigenvalue weighted by Gasteiger charge is -2.24. The molecule has 3 rings (SSSR count). The van der Waals surface area contributed by atoms with E-state index >= 15 is 0 Å².